The molecule has 0 bridgehead atoms. The number of aryl methyl sites for hydroxylation is 2. The Kier molecular flexibility index (Phi) is 17.7. The molecule has 1 aliphatic heterocycles. The average Bonchev–Trinajstić information content (AvgIpc) is 4.06. The minimum atomic E-state index is -0.607. The van der Waals surface area contributed by atoms with Crippen LogP contribution in [-0.2, 0) is 32.1 Å². The summed E-state index contributed by atoms with van der Waals surface area (Å²) in [6.45, 7) is 10.7. The molecule has 4 aromatic rings. The van der Waals surface area contributed by atoms with Crippen LogP contribution in [0.25, 0.3) is 10.9 Å². The van der Waals surface area contributed by atoms with E-state index in [0.29, 0.717) is 69.1 Å². The second-order valence-electron chi connectivity index (χ2n) is 14.6. The van der Waals surface area contributed by atoms with Crippen LogP contribution < -0.4 is 26.1 Å². The average molecular weight is 790 g/mol. The van der Waals surface area contributed by atoms with Gasteiger partial charge in [0.2, 0.25) is 5.91 Å². The third-order valence-corrected chi connectivity index (χ3v) is 9.90. The van der Waals surface area contributed by atoms with Gasteiger partial charge in [0.05, 0.1) is 70.0 Å². The molecule has 2 aliphatic rings. The fourth-order valence-electron chi connectivity index (χ4n) is 6.55. The van der Waals surface area contributed by atoms with Crippen LogP contribution in [0.3, 0.4) is 0 Å². The number of hydrogen-bond acceptors (Lipinski definition) is 11. The summed E-state index contributed by atoms with van der Waals surface area (Å²) in [7, 11) is 1.67. The summed E-state index contributed by atoms with van der Waals surface area (Å²) in [4.78, 5) is 38.3. The second kappa shape index (κ2) is 23.1. The number of hydrogen-bond donors (Lipinski definition) is 2. The van der Waals surface area contributed by atoms with E-state index in [0.717, 1.165) is 29.8 Å². The zero-order chi connectivity index (χ0) is 40.4. The molecular weight excluding hydrogens is 730 g/mol. The van der Waals surface area contributed by atoms with Crippen LogP contribution in [0, 0.1) is 19.7 Å². The summed E-state index contributed by atoms with van der Waals surface area (Å²) in [5.41, 5.74) is 10.8. The van der Waals surface area contributed by atoms with E-state index in [9.17, 15) is 9.59 Å². The van der Waals surface area contributed by atoms with Gasteiger partial charge >= 0.3 is 0 Å². The first-order valence-electron chi connectivity index (χ1n) is 20.2. The second-order valence-corrected chi connectivity index (χ2v) is 14.6. The molecule has 0 spiro atoms. The van der Waals surface area contributed by atoms with E-state index in [-0.39, 0.29) is 49.3 Å². The molecule has 1 saturated carbocycles. The molecule has 0 atom stereocenters. The van der Waals surface area contributed by atoms with Gasteiger partial charge in [-0.2, -0.15) is 0 Å². The van der Waals surface area contributed by atoms with Gasteiger partial charge in [0.1, 0.15) is 6.61 Å². The molecular formula is C43H60FN7O6. The molecule has 1 aliphatic carbocycles. The number of benzene rings is 1. The van der Waals surface area contributed by atoms with Crippen LogP contribution in [-0.4, -0.2) is 105 Å². The molecule has 3 N–H and O–H groups in total. The Bertz CT molecular complexity index is 1900. The Morgan fingerprint density at radius 2 is 1.65 bits per heavy atom. The molecule has 57 heavy (non-hydrogen) atoms. The predicted octanol–water partition coefficient (Wildman–Crippen LogP) is 5.08. The smallest absolute Gasteiger partial charge is 0.224 e. The normalized spacial score (nSPS) is 14.0. The highest BCUT2D eigenvalue weighted by Crippen LogP contribution is 2.38. The Hall–Kier alpha value is -4.47. The SMILES string of the molecule is Cc1cc(CNCc2cn(C3CC3)c3cc(OCCN(C)C(=O)CCOCCOCCOCCN)c(F)cc3c2=O)ccn1.Cc1ccc(N2CCCCC2)cn1. The Morgan fingerprint density at radius 1 is 0.912 bits per heavy atom. The van der Waals surface area contributed by atoms with Gasteiger partial charge in [-0.15, -0.1) is 0 Å². The van der Waals surface area contributed by atoms with Gasteiger partial charge in [0.15, 0.2) is 17.0 Å². The maximum Gasteiger partial charge on any atom is 0.224 e. The maximum absolute atomic E-state index is 15.1. The number of aromatic nitrogens is 3. The van der Waals surface area contributed by atoms with Crippen LogP contribution in [0.5, 0.6) is 5.75 Å². The lowest BCUT2D eigenvalue weighted by Gasteiger charge is -2.28. The number of anilines is 1. The zero-order valence-corrected chi connectivity index (χ0v) is 33.8. The third-order valence-electron chi connectivity index (χ3n) is 9.90. The first kappa shape index (κ1) is 43.6. The number of ether oxygens (including phenoxy) is 4. The molecule has 6 rings (SSSR count). The van der Waals surface area contributed by atoms with E-state index < -0.39 is 5.82 Å². The van der Waals surface area contributed by atoms with Crippen LogP contribution >= 0.6 is 0 Å². The third kappa shape index (κ3) is 14.1. The van der Waals surface area contributed by atoms with Crippen molar-refractivity contribution < 1.29 is 28.1 Å². The Labute approximate surface area is 335 Å². The number of nitrogens with one attached hydrogen (secondary N) is 1. The van der Waals surface area contributed by atoms with Crippen LogP contribution in [0.1, 0.15) is 67.1 Å². The number of amides is 1. The highest BCUT2D eigenvalue weighted by Gasteiger charge is 2.26. The summed E-state index contributed by atoms with van der Waals surface area (Å²) < 4.78 is 39.0. The minimum Gasteiger partial charge on any atom is -0.489 e. The van der Waals surface area contributed by atoms with E-state index in [4.69, 9.17) is 24.7 Å². The van der Waals surface area contributed by atoms with Crippen molar-refractivity contribution in [2.24, 2.45) is 5.73 Å². The number of piperidine rings is 1. The van der Waals surface area contributed by atoms with E-state index in [1.165, 1.54) is 49.0 Å². The Morgan fingerprint density at radius 3 is 2.33 bits per heavy atom. The topological polar surface area (TPSA) is 146 Å². The fourth-order valence-corrected chi connectivity index (χ4v) is 6.55. The molecule has 13 nitrogen and oxygen atoms in total. The van der Waals surface area contributed by atoms with Gasteiger partial charge in [-0.1, -0.05) is 0 Å². The number of carbonyl (C=O) groups is 1. The number of pyridine rings is 3. The number of nitrogens with zero attached hydrogens (tertiary/aromatic N) is 5. The van der Waals surface area contributed by atoms with Crippen LogP contribution in [0.4, 0.5) is 10.1 Å². The first-order chi connectivity index (χ1) is 27.7. The number of carbonyl (C=O) groups excluding carboxylic acids is 1. The van der Waals surface area contributed by atoms with Gasteiger partial charge in [-0.3, -0.25) is 19.6 Å². The van der Waals surface area contributed by atoms with E-state index in [2.05, 4.69) is 36.9 Å². The number of fused-ring (bicyclic) bond motifs is 1. The molecule has 0 radical (unpaired) electrons. The quantitative estimate of drug-likeness (QED) is 0.109. The molecule has 4 heterocycles. The van der Waals surface area contributed by atoms with Gasteiger partial charge in [0.25, 0.3) is 0 Å². The van der Waals surface area contributed by atoms with E-state index in [1.54, 1.807) is 19.3 Å². The molecule has 14 heteroatoms. The molecule has 1 saturated heterocycles. The Balaban J connectivity index is 0.000000400. The van der Waals surface area contributed by atoms with Crippen molar-refractivity contribution in [3.8, 4) is 5.75 Å². The molecule has 0 unspecified atom stereocenters. The van der Waals surface area contributed by atoms with Gasteiger partial charge in [-0.25, -0.2) is 4.39 Å². The predicted molar refractivity (Wildman–Crippen MR) is 220 cm³/mol. The maximum atomic E-state index is 15.1. The minimum absolute atomic E-state index is 0.0582. The summed E-state index contributed by atoms with van der Waals surface area (Å²) in [5.74, 6) is -0.654. The van der Waals surface area contributed by atoms with E-state index >= 15 is 4.39 Å². The molecule has 1 aromatic carbocycles. The standard InChI is InChI=1S/C32H44FN5O6.C11H16N2/c1-23-17-24(5-8-36-23)20-35-21-25-22-38(26-3-4-26)29-19-30(28(33)18-27(29)32(25)40)44-12-9-37(2)31(39)6-10-41-13-15-43-16-14-42-11-7-34;1-10-5-6-11(9-12-10)13-7-3-2-4-8-13/h5,8,17-19,22,26,35H,3-4,6-7,9-16,20-21,34H2,1-2H3;5-6,9H,2-4,7-8H2,1H3. The highest BCUT2D eigenvalue weighted by molar-refractivity contribution is 5.81. The number of rotatable bonds is 21. The lowest BCUT2D eigenvalue weighted by atomic mass is 10.1. The summed E-state index contributed by atoms with van der Waals surface area (Å²) in [5, 5.41) is 3.66. The van der Waals surface area contributed by atoms with Crippen LogP contribution in [0.2, 0.25) is 0 Å². The van der Waals surface area contributed by atoms with Crippen molar-refractivity contribution in [1.82, 2.24) is 24.8 Å². The van der Waals surface area contributed by atoms with Crippen molar-refractivity contribution in [2.75, 3.05) is 84.4 Å². The van der Waals surface area contributed by atoms with Crippen molar-refractivity contribution in [3.63, 3.8) is 0 Å². The van der Waals surface area contributed by atoms with Crippen molar-refractivity contribution in [2.45, 2.75) is 71.5 Å². The molecule has 310 valence electrons. The largest absolute Gasteiger partial charge is 0.489 e. The number of likely N-dealkylation sites (N-methyl/N-ethyl adjacent to an activating group) is 1. The lowest BCUT2D eigenvalue weighted by molar-refractivity contribution is -0.131. The van der Waals surface area contributed by atoms with Crippen molar-refractivity contribution in [1.29, 1.82) is 0 Å². The molecule has 1 amide bonds. The highest BCUT2D eigenvalue weighted by atomic mass is 19.1. The van der Waals surface area contributed by atoms with Crippen molar-refractivity contribution in [3.05, 3.63) is 93.5 Å². The first-order valence-corrected chi connectivity index (χ1v) is 20.2. The van der Waals surface area contributed by atoms with Gasteiger partial charge in [0, 0.05) is 86.6 Å². The van der Waals surface area contributed by atoms with Crippen molar-refractivity contribution >= 4 is 22.5 Å². The lowest BCUT2D eigenvalue weighted by Crippen LogP contribution is -2.31. The molecule has 3 aromatic heterocycles. The fraction of sp³-hybridized carbons (Fsp3) is 0.535. The van der Waals surface area contributed by atoms with Crippen LogP contribution in [0.15, 0.2) is 59.8 Å². The van der Waals surface area contributed by atoms with E-state index in [1.807, 2.05) is 38.4 Å². The summed E-state index contributed by atoms with van der Waals surface area (Å²) >= 11 is 0. The number of halogens is 1. The van der Waals surface area contributed by atoms with Gasteiger partial charge < -0.3 is 44.4 Å². The zero-order valence-electron chi connectivity index (χ0n) is 33.8. The summed E-state index contributed by atoms with van der Waals surface area (Å²) in [6.07, 6.45) is 11.9. The molecule has 2 fully saturated rings. The monoisotopic (exact) mass is 789 g/mol. The number of nitrogens with two attached hydrogens (primary N) is 1. The van der Waals surface area contributed by atoms with Gasteiger partial charge in [-0.05, 0) is 81.8 Å². The summed E-state index contributed by atoms with van der Waals surface area (Å²) in [6, 6.07) is 11.3.